The number of rotatable bonds is 7. The molecule has 0 N–H and O–H groups in total. The van der Waals surface area contributed by atoms with Crippen LogP contribution in [0.2, 0.25) is 0 Å². The molecule has 0 unspecified atom stereocenters. The molecular weight excluding hydrogens is 382 g/mol. The number of methoxy groups -OCH3 is 1. The van der Waals surface area contributed by atoms with E-state index in [9.17, 15) is 9.59 Å². The van der Waals surface area contributed by atoms with Gasteiger partial charge in [-0.3, -0.25) is 14.5 Å². The maximum atomic E-state index is 13.6. The number of carbonyl (C=O) groups is 2. The summed E-state index contributed by atoms with van der Waals surface area (Å²) in [6.45, 7) is 3.01. The lowest BCUT2D eigenvalue weighted by Crippen LogP contribution is -2.52. The first-order valence-electron chi connectivity index (χ1n) is 10.8. The normalized spacial score (nSPS) is 23.6. The highest BCUT2D eigenvalue weighted by molar-refractivity contribution is 6.08. The molecule has 0 saturated heterocycles. The second kappa shape index (κ2) is 9.00. The molecule has 2 aromatic rings. The molecule has 0 fully saturated rings. The van der Waals surface area contributed by atoms with Crippen molar-refractivity contribution in [2.45, 2.75) is 38.6 Å². The maximum absolute atomic E-state index is 13.6. The lowest BCUT2D eigenvalue weighted by molar-refractivity contribution is -0.155. The molecule has 0 spiro atoms. The highest BCUT2D eigenvalue weighted by Gasteiger charge is 2.49. The predicted octanol–water partition coefficient (Wildman–Crippen LogP) is 3.50. The third-order valence-electron chi connectivity index (χ3n) is 6.05. The van der Waals surface area contributed by atoms with E-state index < -0.39 is 11.9 Å². The number of aromatic nitrogens is 2. The number of nitrogens with zero attached hydrogens (tertiary/aromatic N) is 3. The second-order valence-corrected chi connectivity index (χ2v) is 7.87. The molecule has 1 aliphatic carbocycles. The van der Waals surface area contributed by atoms with Crippen molar-refractivity contribution >= 4 is 28.9 Å². The van der Waals surface area contributed by atoms with Gasteiger partial charge in [0.1, 0.15) is 0 Å². The van der Waals surface area contributed by atoms with Gasteiger partial charge in [-0.25, -0.2) is 4.98 Å². The van der Waals surface area contributed by atoms with Gasteiger partial charge >= 0.3 is 5.97 Å². The number of para-hydroxylation sites is 2. The molecule has 0 saturated carbocycles. The van der Waals surface area contributed by atoms with Gasteiger partial charge in [-0.2, -0.15) is 0 Å². The molecular formula is C23H29N3O4. The van der Waals surface area contributed by atoms with Gasteiger partial charge in [0.25, 0.3) is 0 Å². The zero-order valence-electron chi connectivity index (χ0n) is 17.6. The predicted molar refractivity (Wildman–Crippen MR) is 114 cm³/mol. The fourth-order valence-electron chi connectivity index (χ4n) is 4.74. The number of amides is 1. The number of hydrogen-bond acceptors (Lipinski definition) is 5. The van der Waals surface area contributed by atoms with Crippen LogP contribution in [-0.4, -0.2) is 48.3 Å². The van der Waals surface area contributed by atoms with E-state index in [1.54, 1.807) is 18.9 Å². The number of imidazole rings is 1. The Kier molecular flexibility index (Phi) is 6.18. The summed E-state index contributed by atoms with van der Waals surface area (Å²) in [4.78, 5) is 33.2. The largest absolute Gasteiger partial charge is 0.465 e. The molecule has 1 aliphatic heterocycles. The minimum absolute atomic E-state index is 0.172. The second-order valence-electron chi connectivity index (χ2n) is 7.87. The zero-order chi connectivity index (χ0) is 21.1. The van der Waals surface area contributed by atoms with Crippen molar-refractivity contribution in [3.8, 4) is 0 Å². The number of ether oxygens (including phenoxy) is 2. The Morgan fingerprint density at radius 2 is 2.10 bits per heavy atom. The Morgan fingerprint density at radius 1 is 1.27 bits per heavy atom. The van der Waals surface area contributed by atoms with Gasteiger partial charge in [-0.1, -0.05) is 24.3 Å². The minimum Gasteiger partial charge on any atom is -0.465 e. The SMILES string of the molecule is CCOC(=O)[C@@H]1C(=O)N(CCCOC)c2nc3ccccc3n2[C@@H]1[C@@H]1CC=CCC1. The highest BCUT2D eigenvalue weighted by Crippen LogP contribution is 2.44. The van der Waals surface area contributed by atoms with E-state index in [-0.39, 0.29) is 24.5 Å². The van der Waals surface area contributed by atoms with Gasteiger partial charge in [0, 0.05) is 20.3 Å². The molecule has 2 heterocycles. The van der Waals surface area contributed by atoms with Crippen LogP contribution in [0.3, 0.4) is 0 Å². The summed E-state index contributed by atoms with van der Waals surface area (Å²) in [6, 6.07) is 7.58. The number of esters is 1. The van der Waals surface area contributed by atoms with Gasteiger partial charge < -0.3 is 14.0 Å². The quantitative estimate of drug-likeness (QED) is 0.302. The standard InChI is InChI=1S/C23H29N3O4/c1-3-30-22(28)19-20(16-10-5-4-6-11-16)26-18-13-8-7-12-17(18)24-23(26)25(21(19)27)14-9-15-29-2/h4-5,7-8,12-13,16,19-20H,3,6,9-11,14-15H2,1-2H3/t16-,19+,20-/m1/s1. The average molecular weight is 412 g/mol. The van der Waals surface area contributed by atoms with Crippen molar-refractivity contribution in [1.29, 1.82) is 0 Å². The van der Waals surface area contributed by atoms with E-state index in [0.29, 0.717) is 25.5 Å². The van der Waals surface area contributed by atoms with E-state index in [0.717, 1.165) is 30.3 Å². The smallest absolute Gasteiger partial charge is 0.320 e. The zero-order valence-corrected chi connectivity index (χ0v) is 17.6. The first kappa shape index (κ1) is 20.6. The van der Waals surface area contributed by atoms with E-state index in [4.69, 9.17) is 14.5 Å². The van der Waals surface area contributed by atoms with Crippen LogP contribution in [0.4, 0.5) is 5.95 Å². The fraction of sp³-hybridized carbons (Fsp3) is 0.522. The van der Waals surface area contributed by atoms with Gasteiger partial charge in [-0.05, 0) is 50.7 Å². The first-order valence-corrected chi connectivity index (χ1v) is 10.8. The van der Waals surface area contributed by atoms with E-state index in [1.165, 1.54) is 0 Å². The molecule has 2 aliphatic rings. The molecule has 1 amide bonds. The molecule has 1 aromatic heterocycles. The third-order valence-corrected chi connectivity index (χ3v) is 6.05. The van der Waals surface area contributed by atoms with Crippen molar-refractivity contribution in [3.63, 3.8) is 0 Å². The summed E-state index contributed by atoms with van der Waals surface area (Å²) < 4.78 is 12.7. The fourth-order valence-corrected chi connectivity index (χ4v) is 4.74. The topological polar surface area (TPSA) is 73.7 Å². The molecule has 3 atom stereocenters. The maximum Gasteiger partial charge on any atom is 0.320 e. The lowest BCUT2D eigenvalue weighted by atomic mass is 9.79. The third kappa shape index (κ3) is 3.62. The molecule has 0 radical (unpaired) electrons. The number of carbonyl (C=O) groups excluding carboxylic acids is 2. The van der Waals surface area contributed by atoms with Crippen LogP contribution in [0.5, 0.6) is 0 Å². The van der Waals surface area contributed by atoms with Crippen LogP contribution in [-0.2, 0) is 19.1 Å². The number of anilines is 1. The monoisotopic (exact) mass is 411 g/mol. The molecule has 7 heteroatoms. The molecule has 7 nitrogen and oxygen atoms in total. The van der Waals surface area contributed by atoms with Crippen molar-refractivity contribution in [2.75, 3.05) is 31.8 Å². The number of benzene rings is 1. The van der Waals surface area contributed by atoms with E-state index in [2.05, 4.69) is 16.7 Å². The first-order chi connectivity index (χ1) is 14.7. The Balaban J connectivity index is 1.86. The lowest BCUT2D eigenvalue weighted by Gasteiger charge is -2.41. The van der Waals surface area contributed by atoms with Crippen LogP contribution < -0.4 is 4.90 Å². The Bertz CT molecular complexity index is 951. The summed E-state index contributed by atoms with van der Waals surface area (Å²) in [7, 11) is 1.64. The summed E-state index contributed by atoms with van der Waals surface area (Å²) in [5.74, 6) is -0.730. The Morgan fingerprint density at radius 3 is 2.83 bits per heavy atom. The average Bonchev–Trinajstić information content (AvgIpc) is 3.14. The van der Waals surface area contributed by atoms with Gasteiger partial charge in [0.15, 0.2) is 5.92 Å². The number of allylic oxidation sites excluding steroid dienone is 2. The highest BCUT2D eigenvalue weighted by atomic mass is 16.5. The van der Waals surface area contributed by atoms with Crippen molar-refractivity contribution in [2.24, 2.45) is 11.8 Å². The van der Waals surface area contributed by atoms with Crippen LogP contribution >= 0.6 is 0 Å². The molecule has 160 valence electrons. The summed E-state index contributed by atoms with van der Waals surface area (Å²) in [6.07, 6.45) is 7.71. The summed E-state index contributed by atoms with van der Waals surface area (Å²) in [5.41, 5.74) is 1.78. The van der Waals surface area contributed by atoms with Gasteiger partial charge in [0.05, 0.1) is 23.7 Å². The van der Waals surface area contributed by atoms with Crippen molar-refractivity contribution < 1.29 is 19.1 Å². The summed E-state index contributed by atoms with van der Waals surface area (Å²) in [5, 5.41) is 0. The van der Waals surface area contributed by atoms with Gasteiger partial charge in [-0.15, -0.1) is 0 Å². The van der Waals surface area contributed by atoms with Crippen LogP contribution in [0.1, 0.15) is 38.6 Å². The molecule has 4 rings (SSSR count). The Labute approximate surface area is 176 Å². The molecule has 0 bridgehead atoms. The molecule has 30 heavy (non-hydrogen) atoms. The minimum atomic E-state index is -0.867. The summed E-state index contributed by atoms with van der Waals surface area (Å²) >= 11 is 0. The van der Waals surface area contributed by atoms with Crippen LogP contribution in [0.15, 0.2) is 36.4 Å². The van der Waals surface area contributed by atoms with Crippen molar-refractivity contribution in [1.82, 2.24) is 9.55 Å². The van der Waals surface area contributed by atoms with Crippen molar-refractivity contribution in [3.05, 3.63) is 36.4 Å². The van der Waals surface area contributed by atoms with E-state index in [1.807, 2.05) is 24.3 Å². The Hall–Kier alpha value is -2.67. The van der Waals surface area contributed by atoms with Gasteiger partial charge in [0.2, 0.25) is 11.9 Å². The van der Waals surface area contributed by atoms with Crippen LogP contribution in [0.25, 0.3) is 11.0 Å². The van der Waals surface area contributed by atoms with Crippen LogP contribution in [0, 0.1) is 11.8 Å². The number of hydrogen-bond donors (Lipinski definition) is 0. The van der Waals surface area contributed by atoms with E-state index >= 15 is 0 Å². The molecule has 1 aromatic carbocycles. The number of fused-ring (bicyclic) bond motifs is 3.